The van der Waals surface area contributed by atoms with E-state index < -0.39 is 0 Å². The van der Waals surface area contributed by atoms with E-state index in [9.17, 15) is 4.79 Å². The molecule has 1 aliphatic rings. The van der Waals surface area contributed by atoms with Crippen LogP contribution < -0.4 is 10.1 Å². The maximum absolute atomic E-state index is 12.9. The van der Waals surface area contributed by atoms with Crippen LogP contribution in [0.15, 0.2) is 54.6 Å². The maximum atomic E-state index is 12.9. The van der Waals surface area contributed by atoms with Gasteiger partial charge in [0.25, 0.3) is 0 Å². The van der Waals surface area contributed by atoms with Gasteiger partial charge in [-0.25, -0.2) is 0 Å². The highest BCUT2D eigenvalue weighted by Crippen LogP contribution is 2.25. The van der Waals surface area contributed by atoms with Crippen molar-refractivity contribution in [2.75, 3.05) is 25.5 Å². The standard InChI is InChI=1S/C19H22N2O2/c1-23-17-11-7-10-16(14-17)20-18(15-8-3-2-4-9-15)19(22)21-12-5-6-13-21/h2-4,7-11,14,18,20H,5-6,12-13H2,1H3/t18-/m0/s1. The van der Waals surface area contributed by atoms with Crippen molar-refractivity contribution in [1.82, 2.24) is 4.90 Å². The van der Waals surface area contributed by atoms with Crippen molar-refractivity contribution in [3.63, 3.8) is 0 Å². The number of hydrogen-bond acceptors (Lipinski definition) is 3. The second kappa shape index (κ2) is 7.18. The van der Waals surface area contributed by atoms with Crippen LogP contribution in [0.25, 0.3) is 0 Å². The number of ether oxygens (including phenoxy) is 1. The number of rotatable bonds is 5. The molecule has 23 heavy (non-hydrogen) atoms. The summed E-state index contributed by atoms with van der Waals surface area (Å²) in [5.41, 5.74) is 1.86. The van der Waals surface area contributed by atoms with Crippen molar-refractivity contribution in [3.8, 4) is 5.75 Å². The molecule has 0 saturated carbocycles. The maximum Gasteiger partial charge on any atom is 0.249 e. The Labute approximate surface area is 137 Å². The summed E-state index contributed by atoms with van der Waals surface area (Å²) in [7, 11) is 1.64. The van der Waals surface area contributed by atoms with E-state index in [1.807, 2.05) is 59.5 Å². The summed E-state index contributed by atoms with van der Waals surface area (Å²) in [6.07, 6.45) is 2.18. The molecule has 0 unspecified atom stereocenters. The Kier molecular flexibility index (Phi) is 4.81. The summed E-state index contributed by atoms with van der Waals surface area (Å²) in [5.74, 6) is 0.909. The molecule has 0 radical (unpaired) electrons. The average molecular weight is 310 g/mol. The molecule has 0 aromatic heterocycles. The number of carbonyl (C=O) groups excluding carboxylic acids is 1. The zero-order chi connectivity index (χ0) is 16.1. The predicted molar refractivity (Wildman–Crippen MR) is 91.6 cm³/mol. The van der Waals surface area contributed by atoms with Gasteiger partial charge in [0.1, 0.15) is 11.8 Å². The van der Waals surface area contributed by atoms with Gasteiger partial charge in [-0.3, -0.25) is 4.79 Å². The number of anilines is 1. The lowest BCUT2D eigenvalue weighted by Gasteiger charge is -2.25. The van der Waals surface area contributed by atoms with Gasteiger partial charge in [0.05, 0.1) is 7.11 Å². The van der Waals surface area contributed by atoms with Gasteiger partial charge in [0.15, 0.2) is 0 Å². The molecule has 1 amide bonds. The van der Waals surface area contributed by atoms with Gasteiger partial charge in [-0.05, 0) is 30.5 Å². The second-order valence-electron chi connectivity index (χ2n) is 5.75. The fraction of sp³-hybridized carbons (Fsp3) is 0.316. The molecule has 0 spiro atoms. The molecular formula is C19H22N2O2. The molecule has 1 aliphatic heterocycles. The minimum atomic E-state index is -0.374. The lowest BCUT2D eigenvalue weighted by Crippen LogP contribution is -2.36. The topological polar surface area (TPSA) is 41.6 Å². The van der Waals surface area contributed by atoms with Gasteiger partial charge in [0, 0.05) is 24.8 Å². The molecule has 1 heterocycles. The molecule has 3 rings (SSSR count). The summed E-state index contributed by atoms with van der Waals surface area (Å²) in [5, 5.41) is 3.38. The van der Waals surface area contributed by atoms with Crippen LogP contribution >= 0.6 is 0 Å². The first-order valence-corrected chi connectivity index (χ1v) is 8.02. The summed E-state index contributed by atoms with van der Waals surface area (Å²) in [6, 6.07) is 17.2. The number of nitrogens with one attached hydrogen (secondary N) is 1. The molecule has 4 heteroatoms. The van der Waals surface area contributed by atoms with E-state index in [-0.39, 0.29) is 11.9 Å². The molecule has 120 valence electrons. The van der Waals surface area contributed by atoms with Crippen LogP contribution in [-0.2, 0) is 4.79 Å². The van der Waals surface area contributed by atoms with Gasteiger partial charge < -0.3 is 15.0 Å². The first kappa shape index (κ1) is 15.4. The molecule has 2 aromatic rings. The number of amides is 1. The lowest BCUT2D eigenvalue weighted by molar-refractivity contribution is -0.131. The zero-order valence-corrected chi connectivity index (χ0v) is 13.4. The monoisotopic (exact) mass is 310 g/mol. The lowest BCUT2D eigenvalue weighted by atomic mass is 10.1. The van der Waals surface area contributed by atoms with E-state index in [0.29, 0.717) is 0 Å². The third-order valence-electron chi connectivity index (χ3n) is 4.18. The molecule has 1 atom stereocenters. The Balaban J connectivity index is 1.86. The zero-order valence-electron chi connectivity index (χ0n) is 13.4. The Morgan fingerprint density at radius 1 is 1.09 bits per heavy atom. The first-order valence-electron chi connectivity index (χ1n) is 8.02. The number of carbonyl (C=O) groups is 1. The SMILES string of the molecule is COc1cccc(N[C@H](C(=O)N2CCCC2)c2ccccc2)c1. The minimum absolute atomic E-state index is 0.136. The van der Waals surface area contributed by atoms with Crippen LogP contribution in [0.5, 0.6) is 5.75 Å². The van der Waals surface area contributed by atoms with Crippen LogP contribution in [0.3, 0.4) is 0 Å². The first-order chi connectivity index (χ1) is 11.3. The number of nitrogens with zero attached hydrogens (tertiary/aromatic N) is 1. The summed E-state index contributed by atoms with van der Waals surface area (Å²) >= 11 is 0. The fourth-order valence-corrected chi connectivity index (χ4v) is 2.93. The van der Waals surface area contributed by atoms with Crippen molar-refractivity contribution in [3.05, 3.63) is 60.2 Å². The van der Waals surface area contributed by atoms with E-state index in [1.54, 1.807) is 7.11 Å². The summed E-state index contributed by atoms with van der Waals surface area (Å²) in [6.45, 7) is 1.70. The summed E-state index contributed by atoms with van der Waals surface area (Å²) < 4.78 is 5.27. The van der Waals surface area contributed by atoms with E-state index in [2.05, 4.69) is 5.32 Å². The van der Waals surface area contributed by atoms with Gasteiger partial charge in [0.2, 0.25) is 5.91 Å². The minimum Gasteiger partial charge on any atom is -0.497 e. The van der Waals surface area contributed by atoms with Crippen molar-refractivity contribution >= 4 is 11.6 Å². The Morgan fingerprint density at radius 3 is 2.52 bits per heavy atom. The van der Waals surface area contributed by atoms with E-state index in [4.69, 9.17) is 4.74 Å². The summed E-state index contributed by atoms with van der Waals surface area (Å²) in [4.78, 5) is 14.9. The third kappa shape index (κ3) is 3.65. The van der Waals surface area contributed by atoms with Crippen LogP contribution in [0.4, 0.5) is 5.69 Å². The van der Waals surface area contributed by atoms with Gasteiger partial charge >= 0.3 is 0 Å². The Bertz CT molecular complexity index is 651. The van der Waals surface area contributed by atoms with E-state index >= 15 is 0 Å². The van der Waals surface area contributed by atoms with Gasteiger partial charge in [-0.1, -0.05) is 36.4 Å². The highest BCUT2D eigenvalue weighted by Gasteiger charge is 2.27. The van der Waals surface area contributed by atoms with E-state index in [1.165, 1.54) is 0 Å². The largest absolute Gasteiger partial charge is 0.497 e. The van der Waals surface area contributed by atoms with Crippen molar-refractivity contribution in [2.24, 2.45) is 0 Å². The average Bonchev–Trinajstić information content (AvgIpc) is 3.15. The fourth-order valence-electron chi connectivity index (χ4n) is 2.93. The molecule has 1 N–H and O–H groups in total. The highest BCUT2D eigenvalue weighted by atomic mass is 16.5. The van der Waals surface area contributed by atoms with Crippen LogP contribution in [0.1, 0.15) is 24.4 Å². The van der Waals surface area contributed by atoms with Crippen molar-refractivity contribution in [1.29, 1.82) is 0 Å². The quantitative estimate of drug-likeness (QED) is 0.919. The number of methoxy groups -OCH3 is 1. The highest BCUT2D eigenvalue weighted by molar-refractivity contribution is 5.86. The van der Waals surface area contributed by atoms with Crippen LogP contribution in [0, 0.1) is 0 Å². The Hall–Kier alpha value is -2.49. The molecule has 1 fully saturated rings. The number of hydrogen-bond donors (Lipinski definition) is 1. The second-order valence-corrected chi connectivity index (χ2v) is 5.75. The Morgan fingerprint density at radius 2 is 1.83 bits per heavy atom. The molecule has 1 saturated heterocycles. The number of benzene rings is 2. The van der Waals surface area contributed by atoms with Gasteiger partial charge in [-0.15, -0.1) is 0 Å². The normalized spacial score (nSPS) is 15.3. The molecule has 4 nitrogen and oxygen atoms in total. The van der Waals surface area contributed by atoms with Crippen molar-refractivity contribution in [2.45, 2.75) is 18.9 Å². The van der Waals surface area contributed by atoms with E-state index in [0.717, 1.165) is 42.9 Å². The molecule has 2 aromatic carbocycles. The third-order valence-corrected chi connectivity index (χ3v) is 4.18. The van der Waals surface area contributed by atoms with Crippen LogP contribution in [0.2, 0.25) is 0 Å². The smallest absolute Gasteiger partial charge is 0.249 e. The van der Waals surface area contributed by atoms with Crippen molar-refractivity contribution < 1.29 is 9.53 Å². The van der Waals surface area contributed by atoms with Gasteiger partial charge in [-0.2, -0.15) is 0 Å². The molecular weight excluding hydrogens is 288 g/mol. The predicted octanol–water partition coefficient (Wildman–Crippen LogP) is 3.47. The molecule has 0 bridgehead atoms. The molecule has 0 aliphatic carbocycles. The number of likely N-dealkylation sites (tertiary alicyclic amines) is 1. The van der Waals surface area contributed by atoms with Crippen LogP contribution in [-0.4, -0.2) is 31.0 Å².